The van der Waals surface area contributed by atoms with Gasteiger partial charge in [0.1, 0.15) is 0 Å². The Labute approximate surface area is 72.6 Å². The minimum absolute atomic E-state index is 0.0647. The van der Waals surface area contributed by atoms with Crippen LogP contribution in [0.5, 0.6) is 0 Å². The van der Waals surface area contributed by atoms with Gasteiger partial charge in [-0.05, 0) is 6.42 Å². The lowest BCUT2D eigenvalue weighted by molar-refractivity contribution is -0.0257. The lowest BCUT2D eigenvalue weighted by atomic mass is 10.1. The first-order chi connectivity index (χ1) is 5.70. The van der Waals surface area contributed by atoms with E-state index in [4.69, 9.17) is 15.2 Å². The highest BCUT2D eigenvalue weighted by Crippen LogP contribution is 2.27. The number of aliphatic hydroxyl groups excluding tert-OH is 1. The maximum atomic E-state index is 9.67. The van der Waals surface area contributed by atoms with Gasteiger partial charge in [0, 0.05) is 26.2 Å². The summed E-state index contributed by atoms with van der Waals surface area (Å²) in [6, 6.07) is -0.0647. The first-order valence-corrected chi connectivity index (χ1v) is 4.16. The molecule has 0 aliphatic heterocycles. The summed E-state index contributed by atoms with van der Waals surface area (Å²) in [7, 11) is 3.20. The van der Waals surface area contributed by atoms with E-state index in [2.05, 4.69) is 0 Å². The van der Waals surface area contributed by atoms with Crippen molar-refractivity contribution in [1.29, 1.82) is 0 Å². The summed E-state index contributed by atoms with van der Waals surface area (Å²) in [6.45, 7) is 0.550. The Balaban J connectivity index is 2.49. The average molecular weight is 175 g/mol. The topological polar surface area (TPSA) is 64.7 Å². The molecule has 0 saturated heterocycles. The van der Waals surface area contributed by atoms with E-state index in [1.807, 2.05) is 0 Å². The summed E-state index contributed by atoms with van der Waals surface area (Å²) < 4.78 is 10.0. The molecule has 0 bridgehead atoms. The van der Waals surface area contributed by atoms with Crippen molar-refractivity contribution in [3.63, 3.8) is 0 Å². The molecule has 3 N–H and O–H groups in total. The zero-order chi connectivity index (χ0) is 9.14. The molecule has 1 rings (SSSR count). The molecule has 1 aliphatic rings. The lowest BCUT2D eigenvalue weighted by Crippen LogP contribution is -2.37. The van der Waals surface area contributed by atoms with E-state index in [1.165, 1.54) is 0 Å². The molecule has 1 saturated carbocycles. The van der Waals surface area contributed by atoms with E-state index in [9.17, 15) is 5.11 Å². The molecule has 4 atom stereocenters. The van der Waals surface area contributed by atoms with Crippen molar-refractivity contribution in [2.24, 2.45) is 11.7 Å². The number of methoxy groups -OCH3 is 2. The van der Waals surface area contributed by atoms with E-state index in [1.54, 1.807) is 14.2 Å². The van der Waals surface area contributed by atoms with E-state index in [0.29, 0.717) is 6.61 Å². The quantitative estimate of drug-likeness (QED) is 0.598. The fraction of sp³-hybridized carbons (Fsp3) is 1.00. The molecule has 0 aromatic carbocycles. The van der Waals surface area contributed by atoms with Gasteiger partial charge in [-0.2, -0.15) is 0 Å². The first-order valence-electron chi connectivity index (χ1n) is 4.16. The average Bonchev–Trinajstić information content (AvgIpc) is 2.29. The third-order valence-electron chi connectivity index (χ3n) is 2.47. The van der Waals surface area contributed by atoms with Crippen molar-refractivity contribution in [2.45, 2.75) is 24.7 Å². The third-order valence-corrected chi connectivity index (χ3v) is 2.47. The number of hydrogen-bond donors (Lipinski definition) is 2. The van der Waals surface area contributed by atoms with Gasteiger partial charge in [0.2, 0.25) is 0 Å². The summed E-state index contributed by atoms with van der Waals surface area (Å²) >= 11 is 0. The molecule has 12 heavy (non-hydrogen) atoms. The molecule has 0 aromatic rings. The molecule has 72 valence electrons. The Morgan fingerprint density at radius 3 is 2.58 bits per heavy atom. The van der Waals surface area contributed by atoms with Crippen LogP contribution in [0.25, 0.3) is 0 Å². The maximum absolute atomic E-state index is 9.67. The van der Waals surface area contributed by atoms with Crippen LogP contribution in [-0.2, 0) is 9.47 Å². The Kier molecular flexibility index (Phi) is 3.46. The van der Waals surface area contributed by atoms with E-state index >= 15 is 0 Å². The molecule has 1 fully saturated rings. The number of nitrogens with two attached hydrogens (primary N) is 1. The Hall–Kier alpha value is -0.160. The molecular formula is C8H17NO3. The van der Waals surface area contributed by atoms with Crippen molar-refractivity contribution in [3.05, 3.63) is 0 Å². The Morgan fingerprint density at radius 2 is 2.17 bits per heavy atom. The van der Waals surface area contributed by atoms with Crippen LogP contribution in [-0.4, -0.2) is 44.2 Å². The Bertz CT molecular complexity index is 142. The van der Waals surface area contributed by atoms with Gasteiger partial charge in [0.05, 0.1) is 18.8 Å². The molecule has 0 heterocycles. The highest BCUT2D eigenvalue weighted by molar-refractivity contribution is 4.94. The lowest BCUT2D eigenvalue weighted by Gasteiger charge is -2.18. The van der Waals surface area contributed by atoms with Crippen LogP contribution >= 0.6 is 0 Å². The predicted molar refractivity (Wildman–Crippen MR) is 44.8 cm³/mol. The van der Waals surface area contributed by atoms with Crippen LogP contribution < -0.4 is 5.73 Å². The van der Waals surface area contributed by atoms with Crippen molar-refractivity contribution < 1.29 is 14.6 Å². The molecular weight excluding hydrogens is 158 g/mol. The second-order valence-corrected chi connectivity index (χ2v) is 3.31. The van der Waals surface area contributed by atoms with Crippen LogP contribution in [0.3, 0.4) is 0 Å². The summed E-state index contributed by atoms with van der Waals surface area (Å²) in [6.07, 6.45) is 0.0585. The fourth-order valence-electron chi connectivity index (χ4n) is 1.84. The second-order valence-electron chi connectivity index (χ2n) is 3.31. The zero-order valence-corrected chi connectivity index (χ0v) is 7.56. The van der Waals surface area contributed by atoms with Gasteiger partial charge in [0.15, 0.2) is 0 Å². The summed E-state index contributed by atoms with van der Waals surface area (Å²) in [5.41, 5.74) is 5.76. The second kappa shape index (κ2) is 4.18. The monoisotopic (exact) mass is 175 g/mol. The molecule has 0 radical (unpaired) electrons. The normalized spacial score (nSPS) is 42.0. The highest BCUT2D eigenvalue weighted by atomic mass is 16.5. The van der Waals surface area contributed by atoms with Gasteiger partial charge in [-0.25, -0.2) is 0 Å². The van der Waals surface area contributed by atoms with E-state index < -0.39 is 6.10 Å². The van der Waals surface area contributed by atoms with Crippen molar-refractivity contribution in [2.75, 3.05) is 20.8 Å². The van der Waals surface area contributed by atoms with Gasteiger partial charge in [-0.3, -0.25) is 0 Å². The molecule has 0 amide bonds. The smallest absolute Gasteiger partial charge is 0.0984 e. The SMILES string of the molecule is COCC1CC(N)C(OC)C1O. The molecule has 4 heteroatoms. The number of rotatable bonds is 3. The minimum Gasteiger partial charge on any atom is -0.390 e. The first kappa shape index (κ1) is 9.92. The van der Waals surface area contributed by atoms with Crippen LogP contribution in [0, 0.1) is 5.92 Å². The van der Waals surface area contributed by atoms with Gasteiger partial charge in [-0.15, -0.1) is 0 Å². The summed E-state index contributed by atoms with van der Waals surface area (Å²) in [5.74, 6) is 0.120. The van der Waals surface area contributed by atoms with Crippen LogP contribution in [0.1, 0.15) is 6.42 Å². The van der Waals surface area contributed by atoms with Crippen molar-refractivity contribution >= 4 is 0 Å². The molecule has 1 aliphatic carbocycles. The van der Waals surface area contributed by atoms with E-state index in [-0.39, 0.29) is 18.1 Å². The van der Waals surface area contributed by atoms with Crippen molar-refractivity contribution in [3.8, 4) is 0 Å². The number of ether oxygens (including phenoxy) is 2. The zero-order valence-electron chi connectivity index (χ0n) is 7.56. The standard InChI is InChI=1S/C8H17NO3/c1-11-4-5-3-6(9)8(12-2)7(5)10/h5-8,10H,3-4,9H2,1-2H3. The van der Waals surface area contributed by atoms with Gasteiger partial charge in [0.25, 0.3) is 0 Å². The number of aliphatic hydroxyl groups is 1. The van der Waals surface area contributed by atoms with Crippen LogP contribution in [0.15, 0.2) is 0 Å². The van der Waals surface area contributed by atoms with Crippen molar-refractivity contribution in [1.82, 2.24) is 0 Å². The number of hydrogen-bond acceptors (Lipinski definition) is 4. The molecule has 0 aromatic heterocycles. The fourth-order valence-corrected chi connectivity index (χ4v) is 1.84. The maximum Gasteiger partial charge on any atom is 0.0984 e. The third kappa shape index (κ3) is 1.77. The highest BCUT2D eigenvalue weighted by Gasteiger charge is 2.40. The summed E-state index contributed by atoms with van der Waals surface area (Å²) in [4.78, 5) is 0. The van der Waals surface area contributed by atoms with Gasteiger partial charge in [-0.1, -0.05) is 0 Å². The Morgan fingerprint density at radius 1 is 1.50 bits per heavy atom. The molecule has 4 unspecified atom stereocenters. The van der Waals surface area contributed by atoms with Crippen LogP contribution in [0.4, 0.5) is 0 Å². The molecule has 4 nitrogen and oxygen atoms in total. The van der Waals surface area contributed by atoms with E-state index in [0.717, 1.165) is 6.42 Å². The predicted octanol–water partition coefficient (Wildman–Crippen LogP) is -0.644. The molecule has 0 spiro atoms. The largest absolute Gasteiger partial charge is 0.390 e. The van der Waals surface area contributed by atoms with Gasteiger partial charge >= 0.3 is 0 Å². The minimum atomic E-state index is -0.482. The van der Waals surface area contributed by atoms with Crippen LogP contribution in [0.2, 0.25) is 0 Å². The summed E-state index contributed by atoms with van der Waals surface area (Å²) in [5, 5.41) is 9.67. The van der Waals surface area contributed by atoms with Gasteiger partial charge < -0.3 is 20.3 Å².